The lowest BCUT2D eigenvalue weighted by atomic mass is 10.2. The average molecular weight is 389 g/mol. The molecule has 5 nitrogen and oxygen atoms in total. The van der Waals surface area contributed by atoms with Crippen LogP contribution in [0, 0.1) is 0 Å². The van der Waals surface area contributed by atoms with E-state index in [0.29, 0.717) is 29.7 Å². The number of carboxylic acids is 1. The summed E-state index contributed by atoms with van der Waals surface area (Å²) in [7, 11) is 0. The number of aliphatic carboxylic acids is 1. The molecule has 0 atom stereocenters. The fraction of sp³-hybridized carbons (Fsp3) is 0.467. The van der Waals surface area contributed by atoms with E-state index >= 15 is 0 Å². The number of H-pyrrole nitrogens is 1. The number of alkyl halides is 2. The Morgan fingerprint density at radius 2 is 2.04 bits per heavy atom. The second-order valence-electron chi connectivity index (χ2n) is 4.38. The van der Waals surface area contributed by atoms with E-state index in [-0.39, 0.29) is 29.4 Å². The van der Waals surface area contributed by atoms with Crippen molar-refractivity contribution in [3.05, 3.63) is 24.0 Å². The van der Waals surface area contributed by atoms with Crippen LogP contribution in [0.3, 0.4) is 0 Å². The van der Waals surface area contributed by atoms with Crippen LogP contribution in [0.5, 0.6) is 0 Å². The van der Waals surface area contributed by atoms with Crippen molar-refractivity contribution in [1.82, 2.24) is 9.97 Å². The molecule has 0 aliphatic rings. The van der Waals surface area contributed by atoms with Crippen LogP contribution in [0.1, 0.15) is 29.6 Å². The van der Waals surface area contributed by atoms with Crippen LogP contribution in [0.4, 0.5) is 5.69 Å². The first kappa shape index (κ1) is 10.6. The van der Waals surface area contributed by atoms with E-state index in [2.05, 4.69) is 9.97 Å². The van der Waals surface area contributed by atoms with Crippen LogP contribution in [-0.4, -0.2) is 45.7 Å². The Morgan fingerprint density at radius 1 is 1.35 bits per heavy atom. The number of imidazole rings is 1. The lowest BCUT2D eigenvalue weighted by molar-refractivity contribution is -0.137. The number of anilines is 1. The van der Waals surface area contributed by atoms with Crippen molar-refractivity contribution < 1.29 is 20.9 Å². The molecule has 8 heteroatoms. The van der Waals surface area contributed by atoms with Gasteiger partial charge in [-0.25, -0.2) is 4.98 Å². The number of hydrogen-bond donors (Lipinski definition) is 2. The van der Waals surface area contributed by atoms with Crippen molar-refractivity contribution in [3.63, 3.8) is 0 Å². The maximum atomic E-state index is 10.6. The first-order valence-corrected chi connectivity index (χ1v) is 7.12. The van der Waals surface area contributed by atoms with Crippen molar-refractivity contribution in [2.45, 2.75) is 19.3 Å². The summed E-state index contributed by atoms with van der Waals surface area (Å²) < 4.78 is 62.7. The highest BCUT2D eigenvalue weighted by atomic mass is 35.5. The highest BCUT2D eigenvalue weighted by molar-refractivity contribution is 6.18. The lowest BCUT2D eigenvalue weighted by Gasteiger charge is -2.22. The summed E-state index contributed by atoms with van der Waals surface area (Å²) in [5, 5.41) is 8.72. The topological polar surface area (TPSA) is 69.2 Å². The van der Waals surface area contributed by atoms with Gasteiger partial charge in [-0.2, -0.15) is 0 Å². The number of rotatable bonds is 9. The maximum Gasteiger partial charge on any atom is 0.303 e. The molecule has 0 saturated carbocycles. The van der Waals surface area contributed by atoms with Crippen LogP contribution >= 0.6 is 35.6 Å². The molecule has 0 amide bonds. The monoisotopic (exact) mass is 387 g/mol. The van der Waals surface area contributed by atoms with E-state index in [4.69, 9.17) is 39.3 Å². The molecule has 2 rings (SSSR count). The van der Waals surface area contributed by atoms with Crippen LogP contribution in [0.25, 0.3) is 11.0 Å². The summed E-state index contributed by atoms with van der Waals surface area (Å²) in [5.41, 5.74) is 0.528. The van der Waals surface area contributed by atoms with Crippen LogP contribution in [0.15, 0.2) is 18.2 Å². The minimum Gasteiger partial charge on any atom is -0.481 e. The van der Waals surface area contributed by atoms with Gasteiger partial charge in [-0.3, -0.25) is 4.79 Å². The minimum atomic E-state index is -3.21. The van der Waals surface area contributed by atoms with E-state index in [1.54, 1.807) is 0 Å². The van der Waals surface area contributed by atoms with Gasteiger partial charge in [0, 0.05) is 48.7 Å². The Kier molecular flexibility index (Phi) is 4.56. The van der Waals surface area contributed by atoms with Gasteiger partial charge in [0.15, 0.2) is 0 Å². The summed E-state index contributed by atoms with van der Waals surface area (Å²) in [4.78, 5) is 18.1. The molecule has 0 spiro atoms. The molecule has 1 aromatic heterocycles. The molecule has 0 bridgehead atoms. The number of benzene rings is 1. The third kappa shape index (κ3) is 5.75. The second kappa shape index (κ2) is 9.85. The predicted molar refractivity (Wildman–Crippen MR) is 97.6 cm³/mol. The Balaban J connectivity index is 0.00000480. The van der Waals surface area contributed by atoms with Gasteiger partial charge < -0.3 is 15.0 Å². The van der Waals surface area contributed by atoms with Crippen molar-refractivity contribution in [2.24, 2.45) is 0 Å². The quantitative estimate of drug-likeness (QED) is 0.643. The number of aryl methyl sites for hydroxylation is 1. The molecule has 0 aliphatic carbocycles. The van der Waals surface area contributed by atoms with E-state index < -0.39 is 30.6 Å². The van der Waals surface area contributed by atoms with Gasteiger partial charge in [-0.15, -0.1) is 35.6 Å². The van der Waals surface area contributed by atoms with Crippen molar-refractivity contribution in [2.75, 3.05) is 29.6 Å². The zero-order valence-corrected chi connectivity index (χ0v) is 14.1. The Morgan fingerprint density at radius 3 is 2.65 bits per heavy atom. The number of carboxylic acid groups (broad SMARTS) is 1. The zero-order chi connectivity index (χ0) is 23.1. The third-order valence-corrected chi connectivity index (χ3v) is 3.05. The summed E-state index contributed by atoms with van der Waals surface area (Å²) in [6.07, 6.45) is 0.611. The van der Waals surface area contributed by atoms with Crippen molar-refractivity contribution in [1.29, 1.82) is 0 Å². The average Bonchev–Trinajstić information content (AvgIpc) is 2.93. The summed E-state index contributed by atoms with van der Waals surface area (Å²) in [6, 6.07) is 3.92. The summed E-state index contributed by atoms with van der Waals surface area (Å²) in [6.45, 7) is -6.42. The summed E-state index contributed by atoms with van der Waals surface area (Å²) >= 11 is 11.1. The number of carbonyl (C=O) groups is 1. The molecule has 1 aromatic carbocycles. The molecule has 2 N–H and O–H groups in total. The summed E-state index contributed by atoms with van der Waals surface area (Å²) in [5.74, 6) is -6.69. The van der Waals surface area contributed by atoms with Crippen LogP contribution in [-0.2, 0) is 11.2 Å². The fourth-order valence-electron chi connectivity index (χ4n) is 1.96. The molecule has 128 valence electrons. The van der Waals surface area contributed by atoms with E-state index in [0.717, 1.165) is 0 Å². The molecule has 2 aromatic rings. The molecule has 0 radical (unpaired) electrons. The van der Waals surface area contributed by atoms with Crippen molar-refractivity contribution >= 4 is 58.3 Å². The number of aromatic nitrogens is 2. The highest BCUT2D eigenvalue weighted by Gasteiger charge is 2.09. The Bertz CT molecular complexity index is 904. The number of aromatic amines is 1. The molecule has 1 heterocycles. The minimum absolute atomic E-state index is 0. The zero-order valence-electron chi connectivity index (χ0n) is 19.8. The van der Waals surface area contributed by atoms with Gasteiger partial charge in [-0.1, -0.05) is 0 Å². The van der Waals surface area contributed by atoms with Gasteiger partial charge in [0.1, 0.15) is 5.82 Å². The number of nitrogens with one attached hydrogen (secondary N) is 1. The molecular formula is C15H20Cl3N3O2. The van der Waals surface area contributed by atoms with Gasteiger partial charge in [-0.05, 0) is 24.6 Å². The number of nitrogens with zero attached hydrogens (tertiary/aromatic N) is 2. The molecule has 0 saturated heterocycles. The smallest absolute Gasteiger partial charge is 0.303 e. The van der Waals surface area contributed by atoms with Crippen molar-refractivity contribution in [3.8, 4) is 0 Å². The first-order chi connectivity index (χ1) is 13.5. The maximum absolute atomic E-state index is 10.6. The highest BCUT2D eigenvalue weighted by Crippen LogP contribution is 2.21. The molecule has 23 heavy (non-hydrogen) atoms. The van der Waals surface area contributed by atoms with E-state index in [1.807, 2.05) is 0 Å². The third-order valence-electron chi connectivity index (χ3n) is 2.89. The Hall–Kier alpha value is -1.17. The standard InChI is InChI=1S/C15H19Cl2N3O2.ClH/c16-6-8-20(9-7-17)11-4-5-12-13(10-11)19-14(18-12)2-1-3-15(21)22;/h4-5,10H,1-3,6-9H2,(H,18,19)(H,21,22);1H/i6D2,7D2,8D2,9D2;. The predicted octanol–water partition coefficient (Wildman–Crippen LogP) is 3.68. The second-order valence-corrected chi connectivity index (χ2v) is 4.76. The van der Waals surface area contributed by atoms with Gasteiger partial charge in [0.05, 0.1) is 16.5 Å². The van der Waals surface area contributed by atoms with Crippen LogP contribution < -0.4 is 4.90 Å². The van der Waals surface area contributed by atoms with Crippen LogP contribution in [0.2, 0.25) is 0 Å². The van der Waals surface area contributed by atoms with E-state index in [9.17, 15) is 4.79 Å². The molecular weight excluding hydrogens is 361 g/mol. The van der Waals surface area contributed by atoms with E-state index in [1.165, 1.54) is 18.2 Å². The first-order valence-electron chi connectivity index (χ1n) is 10.4. The SMILES string of the molecule is Cl.[2H]C([2H])(Cl)C([2H])([2H])N(c1ccc2nc(CCCC(=O)O)[nH]c2c1)C([2H])([2H])C([2H])([2H])Cl. The van der Waals surface area contributed by atoms with Gasteiger partial charge in [0.2, 0.25) is 0 Å². The number of halogens is 3. The fourth-order valence-corrected chi connectivity index (χ4v) is 2.13. The Labute approximate surface area is 162 Å². The number of hydrogen-bond acceptors (Lipinski definition) is 3. The molecule has 0 fully saturated rings. The van der Waals surface area contributed by atoms with Gasteiger partial charge in [0.25, 0.3) is 0 Å². The number of fused-ring (bicyclic) bond motifs is 1. The molecule has 0 aliphatic heterocycles. The molecule has 0 unspecified atom stereocenters. The normalized spacial score (nSPS) is 18.2. The largest absolute Gasteiger partial charge is 0.481 e. The van der Waals surface area contributed by atoms with Gasteiger partial charge >= 0.3 is 5.97 Å². The lowest BCUT2D eigenvalue weighted by Crippen LogP contribution is -2.27.